The zero-order valence-corrected chi connectivity index (χ0v) is 13.6. The summed E-state index contributed by atoms with van der Waals surface area (Å²) in [6.07, 6.45) is 3.82. The topological polar surface area (TPSA) is 98.9 Å². The first-order valence-corrected chi connectivity index (χ1v) is 8.35. The summed E-state index contributed by atoms with van der Waals surface area (Å²) < 4.78 is 2.84. The zero-order valence-electron chi connectivity index (χ0n) is 12.7. The highest BCUT2D eigenvalue weighted by atomic mass is 32.1. The van der Waals surface area contributed by atoms with Gasteiger partial charge in [0.05, 0.1) is 0 Å². The number of hydrogen-bond acceptors (Lipinski definition) is 6. The van der Waals surface area contributed by atoms with E-state index in [1.807, 2.05) is 0 Å². The maximum absolute atomic E-state index is 12.3. The predicted octanol–water partition coefficient (Wildman–Crippen LogP) is 1.07. The highest BCUT2D eigenvalue weighted by Gasteiger charge is 2.17. The third-order valence-electron chi connectivity index (χ3n) is 3.69. The Bertz CT molecular complexity index is 804. The first kappa shape index (κ1) is 15.6. The van der Waals surface area contributed by atoms with Crippen molar-refractivity contribution in [1.82, 2.24) is 19.3 Å². The summed E-state index contributed by atoms with van der Waals surface area (Å²) in [4.78, 5) is 39.5. The summed E-state index contributed by atoms with van der Waals surface area (Å²) in [5.41, 5.74) is 0.0665. The summed E-state index contributed by atoms with van der Waals surface area (Å²) in [6, 6.07) is 0. The number of Topliss-reactive ketones (excluding diaryl/α,β-unsaturated/α-hetero) is 1. The molecular weight excluding hydrogens is 318 g/mol. The van der Waals surface area contributed by atoms with Crippen LogP contribution in [-0.4, -0.2) is 31.0 Å². The number of nitrogens with one attached hydrogen (secondary N) is 1. The Balaban J connectivity index is 1.70. The lowest BCUT2D eigenvalue weighted by Crippen LogP contribution is -2.30. The number of hydrogen-bond donors (Lipinski definition) is 1. The first-order chi connectivity index (χ1) is 11.0. The number of fused-ring (bicyclic) bond motifs is 1. The van der Waals surface area contributed by atoms with E-state index in [-0.39, 0.29) is 23.9 Å². The molecule has 0 atom stereocenters. The van der Waals surface area contributed by atoms with Crippen molar-refractivity contribution in [2.45, 2.75) is 45.7 Å². The van der Waals surface area contributed by atoms with E-state index in [2.05, 4.69) is 15.4 Å². The molecule has 23 heavy (non-hydrogen) atoms. The van der Waals surface area contributed by atoms with Crippen LogP contribution in [0.15, 0.2) is 10.2 Å². The van der Waals surface area contributed by atoms with E-state index < -0.39 is 0 Å². The monoisotopic (exact) mass is 335 g/mol. The van der Waals surface area contributed by atoms with E-state index in [0.29, 0.717) is 17.4 Å². The molecular formula is C14H17N5O3S. The van der Waals surface area contributed by atoms with Crippen LogP contribution in [0.4, 0.5) is 5.13 Å². The van der Waals surface area contributed by atoms with E-state index in [1.54, 1.807) is 9.95 Å². The van der Waals surface area contributed by atoms with Crippen molar-refractivity contribution in [2.24, 2.45) is 0 Å². The largest absolute Gasteiger partial charge is 0.346 e. The van der Waals surface area contributed by atoms with Gasteiger partial charge >= 0.3 is 5.69 Å². The van der Waals surface area contributed by atoms with Crippen LogP contribution in [0.2, 0.25) is 0 Å². The van der Waals surface area contributed by atoms with Gasteiger partial charge in [0.25, 0.3) is 0 Å². The van der Waals surface area contributed by atoms with Crippen molar-refractivity contribution in [3.8, 4) is 0 Å². The Kier molecular flexibility index (Phi) is 4.37. The number of aromatic nitrogens is 4. The number of carbonyl (C=O) groups is 2. The second-order valence-corrected chi connectivity index (χ2v) is 6.32. The fourth-order valence-electron chi connectivity index (χ4n) is 2.52. The average molecular weight is 335 g/mol. The van der Waals surface area contributed by atoms with Crippen molar-refractivity contribution in [1.29, 1.82) is 0 Å². The third kappa shape index (κ3) is 3.39. The lowest BCUT2D eigenvalue weighted by molar-refractivity contribution is -0.117. The predicted molar refractivity (Wildman–Crippen MR) is 84.8 cm³/mol. The van der Waals surface area contributed by atoms with Gasteiger partial charge in [-0.2, -0.15) is 5.10 Å². The highest BCUT2D eigenvalue weighted by molar-refractivity contribution is 7.14. The molecule has 3 heterocycles. The molecule has 1 aliphatic rings. The summed E-state index contributed by atoms with van der Waals surface area (Å²) >= 11 is 1.17. The number of aryl methyl sites for hydroxylation is 1. The summed E-state index contributed by atoms with van der Waals surface area (Å²) in [7, 11) is 0. The number of rotatable bonds is 4. The van der Waals surface area contributed by atoms with E-state index in [1.165, 1.54) is 22.9 Å². The van der Waals surface area contributed by atoms with E-state index in [9.17, 15) is 14.4 Å². The first-order valence-electron chi connectivity index (χ1n) is 7.47. The van der Waals surface area contributed by atoms with Crippen molar-refractivity contribution in [3.63, 3.8) is 0 Å². The maximum Gasteiger partial charge on any atom is 0.346 e. The van der Waals surface area contributed by atoms with Gasteiger partial charge in [0, 0.05) is 25.3 Å². The minimum atomic E-state index is -0.384. The molecule has 0 aromatic carbocycles. The number of ketones is 1. The molecule has 0 bridgehead atoms. The quantitative estimate of drug-likeness (QED) is 0.843. The second-order valence-electron chi connectivity index (χ2n) is 5.46. The third-order valence-corrected chi connectivity index (χ3v) is 4.44. The Morgan fingerprint density at radius 1 is 1.35 bits per heavy atom. The van der Waals surface area contributed by atoms with Gasteiger partial charge in [-0.15, -0.1) is 11.3 Å². The van der Waals surface area contributed by atoms with Crippen LogP contribution in [0, 0.1) is 0 Å². The van der Waals surface area contributed by atoms with Crippen molar-refractivity contribution < 1.29 is 9.59 Å². The Morgan fingerprint density at radius 3 is 2.91 bits per heavy atom. The molecule has 2 aromatic rings. The minimum absolute atomic E-state index is 0.157. The molecule has 0 spiro atoms. The van der Waals surface area contributed by atoms with Crippen LogP contribution in [0.3, 0.4) is 0 Å². The molecule has 1 aliphatic heterocycles. The normalized spacial score (nSPS) is 14.1. The Hall–Kier alpha value is -2.29. The Morgan fingerprint density at radius 2 is 2.17 bits per heavy atom. The summed E-state index contributed by atoms with van der Waals surface area (Å²) in [5.74, 6) is 0.203. The van der Waals surface area contributed by atoms with Gasteiger partial charge in [-0.1, -0.05) is 6.42 Å². The molecule has 0 fully saturated rings. The number of amides is 1. The highest BCUT2D eigenvalue weighted by Crippen LogP contribution is 2.15. The van der Waals surface area contributed by atoms with E-state index in [4.69, 9.17) is 0 Å². The summed E-state index contributed by atoms with van der Waals surface area (Å²) in [5, 5.41) is 8.78. The van der Waals surface area contributed by atoms with Crippen LogP contribution in [0.25, 0.3) is 0 Å². The average Bonchev–Trinajstić information content (AvgIpc) is 2.98. The second kappa shape index (κ2) is 6.45. The fraction of sp³-hybridized carbons (Fsp3) is 0.500. The molecule has 0 radical (unpaired) electrons. The van der Waals surface area contributed by atoms with Gasteiger partial charge in [-0.25, -0.2) is 14.5 Å². The van der Waals surface area contributed by atoms with Gasteiger partial charge in [0.2, 0.25) is 5.91 Å². The summed E-state index contributed by atoms with van der Waals surface area (Å²) in [6.45, 7) is 1.91. The molecule has 0 saturated carbocycles. The van der Waals surface area contributed by atoms with Crippen LogP contribution in [0.5, 0.6) is 0 Å². The molecule has 2 aromatic heterocycles. The molecule has 1 N–H and O–H groups in total. The zero-order chi connectivity index (χ0) is 16.4. The minimum Gasteiger partial charge on any atom is -0.300 e. The molecule has 3 rings (SSSR count). The molecule has 0 aliphatic carbocycles. The van der Waals surface area contributed by atoms with Crippen LogP contribution >= 0.6 is 11.3 Å². The Labute approximate surface area is 136 Å². The van der Waals surface area contributed by atoms with Crippen LogP contribution in [0.1, 0.15) is 42.5 Å². The van der Waals surface area contributed by atoms with Crippen molar-refractivity contribution in [3.05, 3.63) is 27.4 Å². The molecule has 0 unspecified atom stereocenters. The SMILES string of the molecule is CC(=O)c1csc(NC(=O)Cn2nc3n(c2=O)CCCCC3)n1. The molecule has 9 heteroatoms. The smallest absolute Gasteiger partial charge is 0.300 e. The van der Waals surface area contributed by atoms with Gasteiger partial charge in [0.1, 0.15) is 18.1 Å². The number of nitrogens with zero attached hydrogens (tertiary/aromatic N) is 4. The van der Waals surface area contributed by atoms with Gasteiger partial charge in [-0.3, -0.25) is 14.2 Å². The van der Waals surface area contributed by atoms with Crippen LogP contribution in [-0.2, 0) is 24.3 Å². The molecule has 8 nitrogen and oxygen atoms in total. The van der Waals surface area contributed by atoms with E-state index >= 15 is 0 Å². The molecule has 122 valence electrons. The number of thiazole rings is 1. The number of anilines is 1. The van der Waals surface area contributed by atoms with Gasteiger partial charge in [-0.05, 0) is 12.8 Å². The molecule has 0 saturated heterocycles. The lowest BCUT2D eigenvalue weighted by Gasteiger charge is -2.01. The van der Waals surface area contributed by atoms with Gasteiger partial charge < -0.3 is 5.32 Å². The number of carbonyl (C=O) groups excluding carboxylic acids is 2. The maximum atomic E-state index is 12.3. The van der Waals surface area contributed by atoms with E-state index in [0.717, 1.165) is 31.5 Å². The fourth-order valence-corrected chi connectivity index (χ4v) is 3.28. The van der Waals surface area contributed by atoms with Crippen LogP contribution < -0.4 is 11.0 Å². The van der Waals surface area contributed by atoms with Crippen molar-refractivity contribution in [2.75, 3.05) is 5.32 Å². The lowest BCUT2D eigenvalue weighted by atomic mass is 10.2. The standard InChI is InChI=1S/C14H17N5O3S/c1-9(20)10-8-23-13(15-10)16-12(21)7-19-14(22)18-6-4-2-3-5-11(18)17-19/h8H,2-7H2,1H3,(H,15,16,21). The van der Waals surface area contributed by atoms with Crippen molar-refractivity contribution >= 4 is 28.2 Å². The molecule has 1 amide bonds. The van der Waals surface area contributed by atoms with Gasteiger partial charge in [0.15, 0.2) is 10.9 Å².